The van der Waals surface area contributed by atoms with Crippen LogP contribution in [0.25, 0.3) is 11.0 Å². The van der Waals surface area contributed by atoms with E-state index in [-0.39, 0.29) is 0 Å². The number of anilines is 1. The van der Waals surface area contributed by atoms with Crippen LogP contribution in [0.4, 0.5) is 5.69 Å². The summed E-state index contributed by atoms with van der Waals surface area (Å²) in [5, 5.41) is 0. The normalized spacial score (nSPS) is 20.4. The molecule has 1 aromatic heterocycles. The Bertz CT molecular complexity index is 648. The average molecular weight is 269 g/mol. The largest absolute Gasteiger partial charge is 0.399 e. The summed E-state index contributed by atoms with van der Waals surface area (Å²) in [6.07, 6.45) is 8.03. The number of aromatic nitrogens is 2. The molecule has 2 aromatic rings. The first-order chi connectivity index (χ1) is 9.71. The summed E-state index contributed by atoms with van der Waals surface area (Å²) in [7, 11) is 0. The monoisotopic (exact) mass is 269 g/mol. The number of hydrogen-bond donors (Lipinski definition) is 1. The van der Waals surface area contributed by atoms with E-state index >= 15 is 0 Å². The highest BCUT2D eigenvalue weighted by Gasteiger charge is 2.43. The quantitative estimate of drug-likeness (QED) is 0.831. The Morgan fingerprint density at radius 3 is 2.80 bits per heavy atom. The molecule has 0 saturated heterocycles. The molecule has 106 valence electrons. The minimum Gasteiger partial charge on any atom is -0.399 e. The summed E-state index contributed by atoms with van der Waals surface area (Å²) in [6, 6.07) is 6.19. The summed E-state index contributed by atoms with van der Waals surface area (Å²) in [6.45, 7) is 3.46. The molecule has 20 heavy (non-hydrogen) atoms. The van der Waals surface area contributed by atoms with Gasteiger partial charge in [-0.15, -0.1) is 0 Å². The molecule has 3 nitrogen and oxygen atoms in total. The van der Waals surface area contributed by atoms with Gasteiger partial charge < -0.3 is 10.3 Å². The summed E-state index contributed by atoms with van der Waals surface area (Å²) in [5.74, 6) is 2.01. The average Bonchev–Trinajstić information content (AvgIpc) is 3.32. The van der Waals surface area contributed by atoms with Crippen molar-refractivity contribution in [3.8, 4) is 0 Å². The predicted octanol–water partition coefficient (Wildman–Crippen LogP) is 4.08. The highest BCUT2D eigenvalue weighted by molar-refractivity contribution is 5.80. The lowest BCUT2D eigenvalue weighted by atomic mass is 10.0. The predicted molar refractivity (Wildman–Crippen MR) is 82.7 cm³/mol. The van der Waals surface area contributed by atoms with E-state index in [9.17, 15) is 0 Å². The van der Waals surface area contributed by atoms with Crippen LogP contribution in [0.2, 0.25) is 0 Å². The number of benzene rings is 1. The molecule has 0 radical (unpaired) electrons. The smallest absolute Gasteiger partial charge is 0.113 e. The third-order valence-electron chi connectivity index (χ3n) is 4.98. The molecule has 0 amide bonds. The van der Waals surface area contributed by atoms with Gasteiger partial charge in [0, 0.05) is 18.2 Å². The van der Waals surface area contributed by atoms with Crippen molar-refractivity contribution in [3.63, 3.8) is 0 Å². The topological polar surface area (TPSA) is 43.8 Å². The number of rotatable bonds is 5. The zero-order chi connectivity index (χ0) is 13.7. The van der Waals surface area contributed by atoms with Gasteiger partial charge in [0.15, 0.2) is 0 Å². The van der Waals surface area contributed by atoms with Crippen LogP contribution < -0.4 is 5.73 Å². The van der Waals surface area contributed by atoms with Crippen LogP contribution in [-0.4, -0.2) is 9.55 Å². The number of nitrogens with zero attached hydrogens (tertiary/aromatic N) is 2. The highest BCUT2D eigenvalue weighted by Crippen LogP contribution is 2.52. The van der Waals surface area contributed by atoms with Crippen molar-refractivity contribution in [2.45, 2.75) is 57.9 Å². The van der Waals surface area contributed by atoms with Crippen LogP contribution in [0.1, 0.15) is 57.2 Å². The van der Waals surface area contributed by atoms with Crippen molar-refractivity contribution in [1.29, 1.82) is 0 Å². The van der Waals surface area contributed by atoms with Crippen LogP contribution in [-0.2, 0) is 6.54 Å². The summed E-state index contributed by atoms with van der Waals surface area (Å²) < 4.78 is 2.51. The van der Waals surface area contributed by atoms with Gasteiger partial charge in [0.1, 0.15) is 5.82 Å². The third-order valence-corrected chi connectivity index (χ3v) is 4.98. The van der Waals surface area contributed by atoms with Gasteiger partial charge >= 0.3 is 0 Å². The summed E-state index contributed by atoms with van der Waals surface area (Å²) >= 11 is 0. The first kappa shape index (κ1) is 12.2. The maximum absolute atomic E-state index is 5.91. The Kier molecular flexibility index (Phi) is 2.60. The van der Waals surface area contributed by atoms with Crippen LogP contribution in [0.15, 0.2) is 18.2 Å². The van der Waals surface area contributed by atoms with Gasteiger partial charge in [0.05, 0.1) is 11.0 Å². The molecule has 0 unspecified atom stereocenters. The lowest BCUT2D eigenvalue weighted by molar-refractivity contribution is 0.387. The van der Waals surface area contributed by atoms with Crippen LogP contribution in [0, 0.1) is 5.41 Å². The number of imidazole rings is 1. The molecule has 0 atom stereocenters. The van der Waals surface area contributed by atoms with Crippen LogP contribution >= 0.6 is 0 Å². The van der Waals surface area contributed by atoms with Crippen molar-refractivity contribution in [1.82, 2.24) is 9.55 Å². The second-order valence-corrected chi connectivity index (χ2v) is 6.83. The van der Waals surface area contributed by atoms with Crippen molar-refractivity contribution in [2.75, 3.05) is 5.73 Å². The van der Waals surface area contributed by atoms with E-state index in [4.69, 9.17) is 10.7 Å². The minimum absolute atomic E-state index is 0.563. The first-order valence-electron chi connectivity index (χ1n) is 7.96. The number of nitrogens with two attached hydrogens (primary N) is 1. The zero-order valence-corrected chi connectivity index (χ0v) is 12.2. The molecular formula is C17H23N3. The number of nitrogen functional groups attached to an aromatic ring is 1. The number of hydrogen-bond acceptors (Lipinski definition) is 2. The van der Waals surface area contributed by atoms with Gasteiger partial charge in [-0.2, -0.15) is 0 Å². The fourth-order valence-corrected chi connectivity index (χ4v) is 3.51. The van der Waals surface area contributed by atoms with Gasteiger partial charge in [-0.1, -0.05) is 13.3 Å². The van der Waals surface area contributed by atoms with E-state index < -0.39 is 0 Å². The fourth-order valence-electron chi connectivity index (χ4n) is 3.51. The standard InChI is InChI=1S/C17H23N3/c1-2-7-17(8-9-17)11-20-15-6-5-13(18)10-14(15)19-16(20)12-3-4-12/h5-6,10,12H,2-4,7-9,11,18H2,1H3. The molecule has 3 heteroatoms. The molecule has 2 N–H and O–H groups in total. The Morgan fingerprint density at radius 1 is 1.35 bits per heavy atom. The third kappa shape index (κ3) is 2.00. The molecule has 2 fully saturated rings. The molecule has 2 saturated carbocycles. The van der Waals surface area contributed by atoms with Gasteiger partial charge in [0.2, 0.25) is 0 Å². The minimum atomic E-state index is 0.563. The molecule has 2 aliphatic rings. The molecule has 0 bridgehead atoms. The van der Waals surface area contributed by atoms with Crippen LogP contribution in [0.5, 0.6) is 0 Å². The van der Waals surface area contributed by atoms with E-state index in [0.29, 0.717) is 11.3 Å². The van der Waals surface area contributed by atoms with Crippen LogP contribution in [0.3, 0.4) is 0 Å². The molecule has 4 rings (SSSR count). The van der Waals surface area contributed by atoms with Gasteiger partial charge in [-0.25, -0.2) is 4.98 Å². The molecule has 0 aliphatic heterocycles. The molecular weight excluding hydrogens is 246 g/mol. The highest BCUT2D eigenvalue weighted by atomic mass is 15.1. The van der Waals surface area contributed by atoms with Crippen molar-refractivity contribution in [3.05, 3.63) is 24.0 Å². The van der Waals surface area contributed by atoms with Gasteiger partial charge in [0.25, 0.3) is 0 Å². The lowest BCUT2D eigenvalue weighted by Gasteiger charge is -2.17. The van der Waals surface area contributed by atoms with E-state index in [1.165, 1.54) is 49.9 Å². The second kappa shape index (κ2) is 4.24. The Balaban J connectivity index is 1.77. The maximum atomic E-state index is 5.91. The molecule has 1 aromatic carbocycles. The molecule has 1 heterocycles. The molecule has 0 spiro atoms. The summed E-state index contributed by atoms with van der Waals surface area (Å²) in [4.78, 5) is 4.89. The second-order valence-electron chi connectivity index (χ2n) is 6.83. The van der Waals surface area contributed by atoms with E-state index in [1.54, 1.807) is 0 Å². The van der Waals surface area contributed by atoms with Gasteiger partial charge in [-0.05, 0) is 55.7 Å². The van der Waals surface area contributed by atoms with Crippen molar-refractivity contribution >= 4 is 16.7 Å². The summed E-state index contributed by atoms with van der Waals surface area (Å²) in [5.41, 5.74) is 9.66. The zero-order valence-electron chi connectivity index (χ0n) is 12.2. The van der Waals surface area contributed by atoms with Crippen molar-refractivity contribution in [2.24, 2.45) is 5.41 Å². The molecule has 2 aliphatic carbocycles. The lowest BCUT2D eigenvalue weighted by Crippen LogP contribution is -2.13. The Labute approximate surface area is 120 Å². The van der Waals surface area contributed by atoms with Crippen molar-refractivity contribution < 1.29 is 0 Å². The maximum Gasteiger partial charge on any atom is 0.113 e. The Hall–Kier alpha value is -1.51. The Morgan fingerprint density at radius 2 is 2.15 bits per heavy atom. The van der Waals surface area contributed by atoms with E-state index in [2.05, 4.69) is 17.6 Å². The first-order valence-corrected chi connectivity index (χ1v) is 7.96. The van der Waals surface area contributed by atoms with Gasteiger partial charge in [-0.3, -0.25) is 0 Å². The number of fused-ring (bicyclic) bond motifs is 1. The SMILES string of the molecule is CCCC1(Cn2c(C3CC3)nc3cc(N)ccc32)CC1. The van der Waals surface area contributed by atoms with E-state index in [1.807, 2.05) is 12.1 Å². The fraction of sp³-hybridized carbons (Fsp3) is 0.588. The van der Waals surface area contributed by atoms with E-state index in [0.717, 1.165) is 17.7 Å².